The number of nitrogens with zero attached hydrogens (tertiary/aromatic N) is 1. The van der Waals surface area contributed by atoms with Crippen LogP contribution >= 0.6 is 0 Å². The first-order valence-electron chi connectivity index (χ1n) is 12.0. The predicted octanol–water partition coefficient (Wildman–Crippen LogP) is 5.24. The second kappa shape index (κ2) is 10.8. The number of carbonyl (C=O) groups is 1. The van der Waals surface area contributed by atoms with Crippen LogP contribution in [0.5, 0.6) is 5.75 Å². The Balaban J connectivity index is 1.46. The van der Waals surface area contributed by atoms with Crippen LogP contribution < -0.4 is 10.1 Å². The molecule has 2 aliphatic rings. The summed E-state index contributed by atoms with van der Waals surface area (Å²) in [6.45, 7) is 2.63. The molecule has 0 aromatic heterocycles. The highest BCUT2D eigenvalue weighted by atomic mass is 16.5. The first-order valence-corrected chi connectivity index (χ1v) is 12.0. The molecule has 4 rings (SSSR count). The van der Waals surface area contributed by atoms with Gasteiger partial charge in [-0.1, -0.05) is 55.3 Å². The van der Waals surface area contributed by atoms with Crippen molar-refractivity contribution >= 4 is 5.91 Å². The number of hydrogen-bond donors (Lipinski definition) is 1. The zero-order valence-corrected chi connectivity index (χ0v) is 18.8. The van der Waals surface area contributed by atoms with E-state index in [4.69, 9.17) is 4.74 Å². The fraction of sp³-hybridized carbons (Fsp3) is 0.519. The van der Waals surface area contributed by atoms with E-state index in [2.05, 4.69) is 40.5 Å². The van der Waals surface area contributed by atoms with Crippen LogP contribution in [0, 0.1) is 0 Å². The van der Waals surface area contributed by atoms with Crippen molar-refractivity contribution in [2.75, 3.05) is 26.7 Å². The molecule has 1 amide bonds. The van der Waals surface area contributed by atoms with Crippen molar-refractivity contribution in [1.29, 1.82) is 0 Å². The van der Waals surface area contributed by atoms with Gasteiger partial charge in [0.05, 0.1) is 13.0 Å². The molecule has 1 aliphatic carbocycles. The molecule has 166 valence electrons. The van der Waals surface area contributed by atoms with Crippen molar-refractivity contribution in [3.8, 4) is 5.75 Å². The Bertz CT molecular complexity index is 829. The molecular formula is C27H36N2O2. The fourth-order valence-corrected chi connectivity index (χ4v) is 5.26. The van der Waals surface area contributed by atoms with Crippen LogP contribution in [0.25, 0.3) is 0 Å². The zero-order valence-electron chi connectivity index (χ0n) is 18.8. The van der Waals surface area contributed by atoms with E-state index >= 15 is 0 Å². The maximum atomic E-state index is 13.5. The molecule has 1 fully saturated rings. The van der Waals surface area contributed by atoms with Crippen LogP contribution in [0.4, 0.5) is 0 Å². The molecule has 1 heterocycles. The SMILES string of the molecule is COc1cccc2c1C(NCCC(C(=O)N1CCCCCC1)c1ccccc1)CCC2. The van der Waals surface area contributed by atoms with E-state index in [1.54, 1.807) is 7.11 Å². The Kier molecular flexibility index (Phi) is 7.63. The molecule has 0 saturated carbocycles. The number of nitrogens with one attached hydrogen (secondary N) is 1. The molecule has 2 aromatic carbocycles. The molecule has 2 aromatic rings. The van der Waals surface area contributed by atoms with Crippen LogP contribution in [0.2, 0.25) is 0 Å². The van der Waals surface area contributed by atoms with E-state index < -0.39 is 0 Å². The van der Waals surface area contributed by atoms with Crippen molar-refractivity contribution in [2.24, 2.45) is 0 Å². The Morgan fingerprint density at radius 2 is 1.81 bits per heavy atom. The van der Waals surface area contributed by atoms with Gasteiger partial charge in [-0.3, -0.25) is 4.79 Å². The number of ether oxygens (including phenoxy) is 1. The lowest BCUT2D eigenvalue weighted by molar-refractivity contribution is -0.133. The van der Waals surface area contributed by atoms with Crippen molar-refractivity contribution in [3.63, 3.8) is 0 Å². The molecule has 4 heteroatoms. The minimum Gasteiger partial charge on any atom is -0.496 e. The van der Waals surface area contributed by atoms with Crippen LogP contribution in [-0.2, 0) is 11.2 Å². The molecule has 0 spiro atoms. The molecule has 1 aliphatic heterocycles. The van der Waals surface area contributed by atoms with Gasteiger partial charge in [0.25, 0.3) is 0 Å². The maximum absolute atomic E-state index is 13.5. The average Bonchev–Trinajstić information content (AvgIpc) is 3.11. The second-order valence-electron chi connectivity index (χ2n) is 8.92. The summed E-state index contributed by atoms with van der Waals surface area (Å²) in [5.74, 6) is 1.21. The van der Waals surface area contributed by atoms with Crippen molar-refractivity contribution in [3.05, 3.63) is 65.2 Å². The predicted molar refractivity (Wildman–Crippen MR) is 126 cm³/mol. The van der Waals surface area contributed by atoms with E-state index in [0.29, 0.717) is 11.9 Å². The lowest BCUT2D eigenvalue weighted by Gasteiger charge is -2.30. The molecule has 4 nitrogen and oxygen atoms in total. The number of carbonyl (C=O) groups excluding carboxylic acids is 1. The molecule has 2 atom stereocenters. The Hall–Kier alpha value is -2.33. The number of amides is 1. The number of rotatable bonds is 7. The van der Waals surface area contributed by atoms with Gasteiger partial charge in [-0.25, -0.2) is 0 Å². The third-order valence-corrected chi connectivity index (χ3v) is 6.91. The number of benzene rings is 2. The Labute approximate surface area is 187 Å². The third-order valence-electron chi connectivity index (χ3n) is 6.91. The molecule has 1 saturated heterocycles. The summed E-state index contributed by atoms with van der Waals surface area (Å²) in [4.78, 5) is 15.6. The number of fused-ring (bicyclic) bond motifs is 1. The van der Waals surface area contributed by atoms with Gasteiger partial charge in [0.2, 0.25) is 5.91 Å². The number of hydrogen-bond acceptors (Lipinski definition) is 3. The van der Waals surface area contributed by atoms with Crippen molar-refractivity contribution in [2.45, 2.75) is 63.3 Å². The summed E-state index contributed by atoms with van der Waals surface area (Å²) < 4.78 is 5.67. The summed E-state index contributed by atoms with van der Waals surface area (Å²) in [5, 5.41) is 3.77. The average molecular weight is 421 g/mol. The molecule has 2 unspecified atom stereocenters. The second-order valence-corrected chi connectivity index (χ2v) is 8.92. The van der Waals surface area contributed by atoms with Crippen LogP contribution in [0.1, 0.15) is 73.6 Å². The fourth-order valence-electron chi connectivity index (χ4n) is 5.26. The maximum Gasteiger partial charge on any atom is 0.230 e. The first-order chi connectivity index (χ1) is 15.3. The highest BCUT2D eigenvalue weighted by Crippen LogP contribution is 2.36. The van der Waals surface area contributed by atoms with Gasteiger partial charge in [0, 0.05) is 24.7 Å². The van der Waals surface area contributed by atoms with E-state index in [9.17, 15) is 4.79 Å². The number of aryl methyl sites for hydroxylation is 1. The topological polar surface area (TPSA) is 41.6 Å². The first kappa shape index (κ1) is 21.9. The zero-order chi connectivity index (χ0) is 21.5. The van der Waals surface area contributed by atoms with Gasteiger partial charge in [0.15, 0.2) is 0 Å². The highest BCUT2D eigenvalue weighted by molar-refractivity contribution is 5.83. The minimum absolute atomic E-state index is 0.0764. The Morgan fingerprint density at radius 1 is 1.03 bits per heavy atom. The monoisotopic (exact) mass is 420 g/mol. The molecular weight excluding hydrogens is 384 g/mol. The third kappa shape index (κ3) is 5.30. The number of likely N-dealkylation sites (tertiary alicyclic amines) is 1. The molecule has 0 bridgehead atoms. The summed E-state index contributed by atoms with van der Waals surface area (Å²) in [6.07, 6.45) is 8.98. The minimum atomic E-state index is -0.0764. The lowest BCUT2D eigenvalue weighted by Crippen LogP contribution is -2.37. The van der Waals surface area contributed by atoms with E-state index in [-0.39, 0.29) is 5.92 Å². The van der Waals surface area contributed by atoms with Gasteiger partial charge in [0.1, 0.15) is 5.75 Å². The van der Waals surface area contributed by atoms with Crippen LogP contribution in [-0.4, -0.2) is 37.6 Å². The van der Waals surface area contributed by atoms with Crippen molar-refractivity contribution < 1.29 is 9.53 Å². The summed E-state index contributed by atoms with van der Waals surface area (Å²) >= 11 is 0. The standard InChI is InChI=1S/C27H36N2O2/c1-31-25-16-10-14-22-13-9-15-24(26(22)25)28-18-17-23(21-11-5-4-6-12-21)27(30)29-19-7-2-3-8-20-29/h4-6,10-12,14,16,23-24,28H,2-3,7-9,13,15,17-20H2,1H3. The lowest BCUT2D eigenvalue weighted by atomic mass is 9.86. The van der Waals surface area contributed by atoms with Gasteiger partial charge in [-0.05, 0) is 62.3 Å². The molecule has 0 radical (unpaired) electrons. The van der Waals surface area contributed by atoms with E-state index in [0.717, 1.165) is 63.1 Å². The van der Waals surface area contributed by atoms with Gasteiger partial charge in [-0.2, -0.15) is 0 Å². The van der Waals surface area contributed by atoms with E-state index in [1.807, 2.05) is 18.2 Å². The van der Waals surface area contributed by atoms with Gasteiger partial charge >= 0.3 is 0 Å². The Morgan fingerprint density at radius 3 is 2.55 bits per heavy atom. The van der Waals surface area contributed by atoms with E-state index in [1.165, 1.54) is 30.4 Å². The summed E-state index contributed by atoms with van der Waals surface area (Å²) in [6, 6.07) is 17.0. The highest BCUT2D eigenvalue weighted by Gasteiger charge is 2.28. The number of methoxy groups -OCH3 is 1. The normalized spacial score (nSPS) is 19.9. The summed E-state index contributed by atoms with van der Waals surface area (Å²) in [5.41, 5.74) is 3.84. The van der Waals surface area contributed by atoms with Crippen LogP contribution in [0.15, 0.2) is 48.5 Å². The molecule has 1 N–H and O–H groups in total. The summed E-state index contributed by atoms with van der Waals surface area (Å²) in [7, 11) is 1.76. The van der Waals surface area contributed by atoms with Gasteiger partial charge < -0.3 is 15.0 Å². The van der Waals surface area contributed by atoms with Crippen molar-refractivity contribution in [1.82, 2.24) is 10.2 Å². The smallest absolute Gasteiger partial charge is 0.230 e. The van der Waals surface area contributed by atoms with Gasteiger partial charge in [-0.15, -0.1) is 0 Å². The molecule has 31 heavy (non-hydrogen) atoms. The van der Waals surface area contributed by atoms with Crippen LogP contribution in [0.3, 0.4) is 0 Å². The quantitative estimate of drug-likeness (QED) is 0.666. The largest absolute Gasteiger partial charge is 0.496 e.